The van der Waals surface area contributed by atoms with Gasteiger partial charge in [-0.2, -0.15) is 13.2 Å². The average Bonchev–Trinajstić information content (AvgIpc) is 2.54. The average molecular weight is 367 g/mol. The first-order chi connectivity index (χ1) is 11.8. The third-order valence-electron chi connectivity index (χ3n) is 3.54. The van der Waals surface area contributed by atoms with Crippen molar-refractivity contribution in [3.8, 4) is 0 Å². The third kappa shape index (κ3) is 3.51. The molecule has 0 atom stereocenters. The molecule has 25 heavy (non-hydrogen) atoms. The molecule has 2 N–H and O–H groups in total. The second-order valence-corrected chi connectivity index (χ2v) is 5.69. The number of H-pyrrole nitrogens is 1. The summed E-state index contributed by atoms with van der Waals surface area (Å²) in [5.74, 6) is -0.808. The van der Waals surface area contributed by atoms with Gasteiger partial charge in [0.15, 0.2) is 0 Å². The van der Waals surface area contributed by atoms with E-state index in [2.05, 4.69) is 10.3 Å². The zero-order valence-electron chi connectivity index (χ0n) is 12.4. The molecule has 8 heteroatoms. The summed E-state index contributed by atoms with van der Waals surface area (Å²) < 4.78 is 38.2. The molecule has 0 fully saturated rings. The van der Waals surface area contributed by atoms with Crippen LogP contribution < -0.4 is 10.7 Å². The Bertz CT molecular complexity index is 1030. The van der Waals surface area contributed by atoms with Crippen LogP contribution in [-0.4, -0.2) is 10.9 Å². The van der Waals surface area contributed by atoms with Crippen molar-refractivity contribution in [2.75, 3.05) is 5.32 Å². The fourth-order valence-corrected chi connectivity index (χ4v) is 2.51. The molecule has 0 radical (unpaired) electrons. The molecule has 0 aliphatic carbocycles. The van der Waals surface area contributed by atoms with Crippen LogP contribution in [0, 0.1) is 0 Å². The zero-order chi connectivity index (χ0) is 18.2. The number of carbonyl (C=O) groups excluding carboxylic acids is 1. The van der Waals surface area contributed by atoms with Crippen molar-refractivity contribution in [3.05, 3.63) is 75.0 Å². The molecule has 0 spiro atoms. The van der Waals surface area contributed by atoms with Crippen LogP contribution in [0.1, 0.15) is 15.9 Å². The van der Waals surface area contributed by atoms with E-state index in [1.54, 1.807) is 0 Å². The first kappa shape index (κ1) is 17.0. The van der Waals surface area contributed by atoms with Crippen molar-refractivity contribution in [2.45, 2.75) is 6.18 Å². The fourth-order valence-electron chi connectivity index (χ4n) is 2.33. The van der Waals surface area contributed by atoms with E-state index in [-0.39, 0.29) is 16.6 Å². The number of fused-ring (bicyclic) bond motifs is 1. The molecule has 0 bridgehead atoms. The van der Waals surface area contributed by atoms with E-state index in [0.29, 0.717) is 10.5 Å². The van der Waals surface area contributed by atoms with Crippen molar-refractivity contribution in [3.63, 3.8) is 0 Å². The lowest BCUT2D eigenvalue weighted by molar-refractivity contribution is -0.137. The van der Waals surface area contributed by atoms with E-state index in [4.69, 9.17) is 11.6 Å². The maximum absolute atomic E-state index is 12.7. The molecule has 1 heterocycles. The molecule has 4 nitrogen and oxygen atoms in total. The van der Waals surface area contributed by atoms with Crippen molar-refractivity contribution in [1.29, 1.82) is 0 Å². The zero-order valence-corrected chi connectivity index (χ0v) is 13.2. The van der Waals surface area contributed by atoms with Crippen LogP contribution in [0.25, 0.3) is 10.9 Å². The number of alkyl halides is 3. The number of hydrogen-bond donors (Lipinski definition) is 2. The highest BCUT2D eigenvalue weighted by Gasteiger charge is 2.30. The van der Waals surface area contributed by atoms with Gasteiger partial charge in [-0.25, -0.2) is 0 Å². The quantitative estimate of drug-likeness (QED) is 0.703. The van der Waals surface area contributed by atoms with E-state index >= 15 is 0 Å². The van der Waals surface area contributed by atoms with Crippen molar-refractivity contribution >= 4 is 34.1 Å². The number of aromatic nitrogens is 1. The number of benzene rings is 2. The molecule has 0 saturated heterocycles. The van der Waals surface area contributed by atoms with E-state index in [0.717, 1.165) is 12.1 Å². The first-order valence-corrected chi connectivity index (χ1v) is 7.43. The van der Waals surface area contributed by atoms with Crippen molar-refractivity contribution in [2.24, 2.45) is 0 Å². The number of nitrogens with one attached hydrogen (secondary N) is 2. The maximum Gasteiger partial charge on any atom is 0.416 e. The van der Waals surface area contributed by atoms with Gasteiger partial charge in [-0.15, -0.1) is 0 Å². The summed E-state index contributed by atoms with van der Waals surface area (Å²) in [5, 5.41) is 2.97. The van der Waals surface area contributed by atoms with Crippen LogP contribution in [-0.2, 0) is 6.18 Å². The Kier molecular flexibility index (Phi) is 4.26. The smallest absolute Gasteiger partial charge is 0.360 e. The second-order valence-electron chi connectivity index (χ2n) is 5.25. The van der Waals surface area contributed by atoms with E-state index < -0.39 is 23.1 Å². The Balaban J connectivity index is 1.94. The summed E-state index contributed by atoms with van der Waals surface area (Å²) in [6.07, 6.45) is -3.33. The highest BCUT2D eigenvalue weighted by Crippen LogP contribution is 2.30. The van der Waals surface area contributed by atoms with E-state index in [9.17, 15) is 22.8 Å². The highest BCUT2D eigenvalue weighted by molar-refractivity contribution is 6.31. The van der Waals surface area contributed by atoms with Crippen molar-refractivity contribution in [1.82, 2.24) is 4.98 Å². The molecular weight excluding hydrogens is 357 g/mol. The van der Waals surface area contributed by atoms with Gasteiger partial charge in [-0.3, -0.25) is 9.59 Å². The first-order valence-electron chi connectivity index (χ1n) is 7.05. The van der Waals surface area contributed by atoms with Gasteiger partial charge in [0.05, 0.1) is 11.1 Å². The second kappa shape index (κ2) is 6.25. The van der Waals surface area contributed by atoms with Gasteiger partial charge >= 0.3 is 6.18 Å². The third-order valence-corrected chi connectivity index (χ3v) is 3.77. The molecule has 3 aromatic rings. The number of aromatic amines is 1. The van der Waals surface area contributed by atoms with Gasteiger partial charge in [0, 0.05) is 22.3 Å². The summed E-state index contributed by atoms with van der Waals surface area (Å²) in [6.45, 7) is 0. The number of halogens is 4. The predicted molar refractivity (Wildman–Crippen MR) is 89.0 cm³/mol. The molecule has 2 aromatic carbocycles. The van der Waals surface area contributed by atoms with E-state index in [1.807, 2.05) is 0 Å². The number of rotatable bonds is 2. The molecule has 0 aliphatic rings. The molecule has 128 valence electrons. The summed E-state index contributed by atoms with van der Waals surface area (Å²) in [6, 6.07) is 8.68. The molecule has 0 saturated carbocycles. The van der Waals surface area contributed by atoms with Crippen LogP contribution in [0.3, 0.4) is 0 Å². The van der Waals surface area contributed by atoms with Crippen LogP contribution in [0.15, 0.2) is 53.5 Å². The summed E-state index contributed by atoms with van der Waals surface area (Å²) in [4.78, 5) is 27.4. The van der Waals surface area contributed by atoms with Crippen molar-refractivity contribution < 1.29 is 18.0 Å². The number of pyridine rings is 1. The van der Waals surface area contributed by atoms with Gasteiger partial charge in [0.25, 0.3) is 5.91 Å². The van der Waals surface area contributed by atoms with Gasteiger partial charge in [0.2, 0.25) is 5.43 Å². The minimum Gasteiger partial charge on any atom is -0.360 e. The Hall–Kier alpha value is -2.80. The Labute approximate surface area is 144 Å². The minimum atomic E-state index is -4.53. The fraction of sp³-hybridized carbons (Fsp3) is 0.0588. The molecule has 3 rings (SSSR count). The minimum absolute atomic E-state index is 0.0598. The van der Waals surface area contributed by atoms with Gasteiger partial charge < -0.3 is 10.3 Å². The molecular formula is C17H10ClF3N2O2. The van der Waals surface area contributed by atoms with E-state index in [1.165, 1.54) is 36.5 Å². The molecule has 1 amide bonds. The molecule has 0 aliphatic heterocycles. The number of amides is 1. The van der Waals surface area contributed by atoms with Crippen LogP contribution in [0.2, 0.25) is 5.02 Å². The van der Waals surface area contributed by atoms with Crippen LogP contribution in [0.4, 0.5) is 18.9 Å². The SMILES string of the molecule is O=C(Nc1cccc(C(F)(F)F)c1)c1c[nH]c2cc(Cl)ccc2c1=O. The van der Waals surface area contributed by atoms with Gasteiger partial charge in [-0.1, -0.05) is 17.7 Å². The number of hydrogen-bond acceptors (Lipinski definition) is 2. The Morgan fingerprint density at radius 2 is 1.88 bits per heavy atom. The Morgan fingerprint density at radius 3 is 2.60 bits per heavy atom. The summed E-state index contributed by atoms with van der Waals surface area (Å²) >= 11 is 5.84. The Morgan fingerprint density at radius 1 is 1.12 bits per heavy atom. The number of carbonyl (C=O) groups is 1. The topological polar surface area (TPSA) is 62.0 Å². The largest absolute Gasteiger partial charge is 0.416 e. The normalized spacial score (nSPS) is 11.5. The molecule has 0 unspecified atom stereocenters. The van der Waals surface area contributed by atoms with Gasteiger partial charge in [-0.05, 0) is 36.4 Å². The predicted octanol–water partition coefficient (Wildman–Crippen LogP) is 4.45. The lowest BCUT2D eigenvalue weighted by Gasteiger charge is -2.10. The van der Waals surface area contributed by atoms with Gasteiger partial charge in [0.1, 0.15) is 5.56 Å². The van der Waals surface area contributed by atoms with Crippen LogP contribution >= 0.6 is 11.6 Å². The summed E-state index contributed by atoms with van der Waals surface area (Å²) in [5.41, 5.74) is -1.27. The number of anilines is 1. The lowest BCUT2D eigenvalue weighted by Crippen LogP contribution is -2.22. The standard InChI is InChI=1S/C17H10ClF3N2O2/c18-10-4-5-12-14(7-10)22-8-13(15(12)24)16(25)23-11-3-1-2-9(6-11)17(19,20)21/h1-8H,(H,22,24)(H,23,25). The maximum atomic E-state index is 12.7. The summed E-state index contributed by atoms with van der Waals surface area (Å²) in [7, 11) is 0. The monoisotopic (exact) mass is 366 g/mol. The lowest BCUT2D eigenvalue weighted by atomic mass is 10.1. The van der Waals surface area contributed by atoms with Crippen LogP contribution in [0.5, 0.6) is 0 Å². The highest BCUT2D eigenvalue weighted by atomic mass is 35.5. The molecule has 1 aromatic heterocycles.